The molecule has 2 aromatic carbocycles. The molecule has 0 bridgehead atoms. The summed E-state index contributed by atoms with van der Waals surface area (Å²) in [5, 5.41) is -2.00. The highest BCUT2D eigenvalue weighted by Crippen LogP contribution is 2.34. The minimum absolute atomic E-state index is 0.681. The van der Waals surface area contributed by atoms with E-state index in [1.807, 2.05) is 0 Å². The van der Waals surface area contributed by atoms with Gasteiger partial charge in [-0.2, -0.15) is 0 Å². The van der Waals surface area contributed by atoms with E-state index in [4.69, 9.17) is 0 Å². The van der Waals surface area contributed by atoms with Gasteiger partial charge in [-0.25, -0.2) is 26.3 Å². The van der Waals surface area contributed by atoms with Crippen LogP contribution in [-0.2, 0) is 0 Å². The first kappa shape index (κ1) is 12.7. The number of rotatable bonds is 0. The maximum Gasteiger partial charge on any atom is 0.195 e. The third kappa shape index (κ3) is 1.41. The zero-order valence-corrected chi connectivity index (χ0v) is 9.27. The van der Waals surface area contributed by atoms with Crippen molar-refractivity contribution in [2.75, 3.05) is 0 Å². The molecule has 96 valence electrons. The summed E-state index contributed by atoms with van der Waals surface area (Å²) in [4.78, 5) is 0. The van der Waals surface area contributed by atoms with Gasteiger partial charge >= 0.3 is 0 Å². The van der Waals surface area contributed by atoms with E-state index in [2.05, 4.69) is 0 Å². The second-order valence-electron chi connectivity index (χ2n) is 3.88. The summed E-state index contributed by atoms with van der Waals surface area (Å²) in [7, 11) is 0. The summed E-state index contributed by atoms with van der Waals surface area (Å²) in [6.07, 6.45) is 0. The molecule has 0 saturated carbocycles. The van der Waals surface area contributed by atoms with Crippen LogP contribution in [-0.4, -0.2) is 0 Å². The van der Waals surface area contributed by atoms with Crippen LogP contribution in [0, 0.1) is 48.8 Å². The summed E-state index contributed by atoms with van der Waals surface area (Å²) >= 11 is 0. The summed E-state index contributed by atoms with van der Waals surface area (Å²) in [5.74, 6) is -10.0. The van der Waals surface area contributed by atoms with Crippen molar-refractivity contribution in [1.82, 2.24) is 0 Å². The van der Waals surface area contributed by atoms with Crippen LogP contribution in [0.1, 0.15) is 11.1 Å². The standard InChI is InChI=1S/C12H6F6/c1-3-5-6(11(17)12(18)8(3)14)7(13)4(2)9(15)10(5)16/h1-2H3. The normalized spacial score (nSPS) is 11.3. The average molecular weight is 264 g/mol. The van der Waals surface area contributed by atoms with Crippen molar-refractivity contribution in [1.29, 1.82) is 0 Å². The average Bonchev–Trinajstić information content (AvgIpc) is 2.35. The molecular weight excluding hydrogens is 258 g/mol. The van der Waals surface area contributed by atoms with E-state index in [0.717, 1.165) is 13.8 Å². The Morgan fingerprint density at radius 3 is 1.44 bits per heavy atom. The van der Waals surface area contributed by atoms with Crippen molar-refractivity contribution >= 4 is 10.8 Å². The lowest BCUT2D eigenvalue weighted by Crippen LogP contribution is -2.05. The van der Waals surface area contributed by atoms with E-state index >= 15 is 0 Å². The van der Waals surface area contributed by atoms with Crippen molar-refractivity contribution in [2.45, 2.75) is 13.8 Å². The van der Waals surface area contributed by atoms with Crippen LogP contribution in [0.4, 0.5) is 26.3 Å². The fourth-order valence-corrected chi connectivity index (χ4v) is 1.82. The van der Waals surface area contributed by atoms with Crippen LogP contribution in [0.5, 0.6) is 0 Å². The summed E-state index contributed by atoms with van der Waals surface area (Å²) in [6, 6.07) is 0. The SMILES string of the molecule is Cc1c(F)c(F)c2c(C)c(F)c(F)c(F)c2c1F. The van der Waals surface area contributed by atoms with Gasteiger partial charge in [0.15, 0.2) is 29.1 Å². The Kier molecular flexibility index (Phi) is 2.76. The molecular formula is C12H6F6. The predicted molar refractivity (Wildman–Crippen MR) is 53.2 cm³/mol. The molecule has 0 nitrogen and oxygen atoms in total. The van der Waals surface area contributed by atoms with Gasteiger partial charge in [0, 0.05) is 10.9 Å². The van der Waals surface area contributed by atoms with Gasteiger partial charge < -0.3 is 0 Å². The molecule has 2 aromatic rings. The van der Waals surface area contributed by atoms with E-state index in [1.54, 1.807) is 0 Å². The van der Waals surface area contributed by atoms with Crippen molar-refractivity contribution in [2.24, 2.45) is 0 Å². The zero-order chi connectivity index (χ0) is 13.8. The highest BCUT2D eigenvalue weighted by molar-refractivity contribution is 5.88. The van der Waals surface area contributed by atoms with Gasteiger partial charge in [0.05, 0.1) is 5.39 Å². The first-order valence-electron chi connectivity index (χ1n) is 4.88. The molecule has 0 atom stereocenters. The molecule has 0 fully saturated rings. The molecule has 6 heteroatoms. The number of benzene rings is 2. The monoisotopic (exact) mass is 264 g/mol. The van der Waals surface area contributed by atoms with Crippen molar-refractivity contribution < 1.29 is 26.3 Å². The molecule has 2 rings (SSSR count). The molecule has 0 aliphatic heterocycles. The molecule has 0 heterocycles. The molecule has 0 unspecified atom stereocenters. The van der Waals surface area contributed by atoms with Crippen LogP contribution >= 0.6 is 0 Å². The summed E-state index contributed by atoms with van der Waals surface area (Å²) in [6.45, 7) is 1.79. The maximum atomic E-state index is 13.7. The lowest BCUT2D eigenvalue weighted by molar-refractivity contribution is 0.443. The van der Waals surface area contributed by atoms with Crippen molar-refractivity contribution in [3.8, 4) is 0 Å². The molecule has 0 N–H and O–H groups in total. The topological polar surface area (TPSA) is 0 Å². The minimum Gasteiger partial charge on any atom is -0.206 e. The fraction of sp³-hybridized carbons (Fsp3) is 0.167. The third-order valence-corrected chi connectivity index (χ3v) is 2.85. The quantitative estimate of drug-likeness (QED) is 0.378. The summed E-state index contributed by atoms with van der Waals surface area (Å²) in [5.41, 5.74) is -1.47. The number of hydrogen-bond acceptors (Lipinski definition) is 0. The Morgan fingerprint density at radius 2 is 0.889 bits per heavy atom. The van der Waals surface area contributed by atoms with Crippen LogP contribution in [0.25, 0.3) is 10.8 Å². The first-order chi connectivity index (χ1) is 8.29. The Morgan fingerprint density at radius 1 is 0.444 bits per heavy atom. The van der Waals surface area contributed by atoms with Gasteiger partial charge in [0.2, 0.25) is 0 Å². The van der Waals surface area contributed by atoms with Crippen molar-refractivity contribution in [3.63, 3.8) is 0 Å². The van der Waals surface area contributed by atoms with Gasteiger partial charge in [-0.3, -0.25) is 0 Å². The number of halogens is 6. The van der Waals surface area contributed by atoms with E-state index in [1.165, 1.54) is 0 Å². The van der Waals surface area contributed by atoms with Crippen LogP contribution in [0.2, 0.25) is 0 Å². The lowest BCUT2D eigenvalue weighted by atomic mass is 10.00. The molecule has 0 spiro atoms. The number of aryl methyl sites for hydroxylation is 1. The molecule has 0 aromatic heterocycles. The second-order valence-corrected chi connectivity index (χ2v) is 3.88. The molecule has 18 heavy (non-hydrogen) atoms. The molecule has 0 aliphatic rings. The Hall–Kier alpha value is -1.72. The van der Waals surface area contributed by atoms with Crippen LogP contribution in [0.15, 0.2) is 0 Å². The van der Waals surface area contributed by atoms with E-state index < -0.39 is 56.8 Å². The van der Waals surface area contributed by atoms with Gasteiger partial charge in [0.25, 0.3) is 0 Å². The second kappa shape index (κ2) is 3.90. The minimum atomic E-state index is -1.91. The highest BCUT2D eigenvalue weighted by Gasteiger charge is 2.26. The van der Waals surface area contributed by atoms with Crippen LogP contribution < -0.4 is 0 Å². The Bertz CT molecular complexity index is 562. The fourth-order valence-electron chi connectivity index (χ4n) is 1.82. The number of fused-ring (bicyclic) bond motifs is 1. The summed E-state index contributed by atoms with van der Waals surface area (Å²) < 4.78 is 80.4. The van der Waals surface area contributed by atoms with Gasteiger partial charge in [-0.15, -0.1) is 0 Å². The van der Waals surface area contributed by atoms with Gasteiger partial charge in [0.1, 0.15) is 5.82 Å². The van der Waals surface area contributed by atoms with E-state index in [0.29, 0.717) is 0 Å². The number of hydrogen-bond donors (Lipinski definition) is 0. The molecule has 0 amide bonds. The lowest BCUT2D eigenvalue weighted by Gasteiger charge is -2.11. The zero-order valence-electron chi connectivity index (χ0n) is 9.27. The molecule has 0 saturated heterocycles. The van der Waals surface area contributed by atoms with Gasteiger partial charge in [-0.05, 0) is 19.4 Å². The Labute approximate surface area is 97.8 Å². The Balaban J connectivity index is 3.22. The maximum absolute atomic E-state index is 13.7. The van der Waals surface area contributed by atoms with Crippen LogP contribution in [0.3, 0.4) is 0 Å². The van der Waals surface area contributed by atoms with E-state index in [9.17, 15) is 26.3 Å². The largest absolute Gasteiger partial charge is 0.206 e. The molecule has 0 radical (unpaired) electrons. The van der Waals surface area contributed by atoms with Gasteiger partial charge in [-0.1, -0.05) is 0 Å². The third-order valence-electron chi connectivity index (χ3n) is 2.85. The molecule has 0 aliphatic carbocycles. The first-order valence-corrected chi connectivity index (χ1v) is 4.88. The van der Waals surface area contributed by atoms with E-state index in [-0.39, 0.29) is 0 Å². The highest BCUT2D eigenvalue weighted by atomic mass is 19.2. The van der Waals surface area contributed by atoms with Crippen molar-refractivity contribution in [3.05, 3.63) is 46.0 Å². The smallest absolute Gasteiger partial charge is 0.195 e. The predicted octanol–water partition coefficient (Wildman–Crippen LogP) is 4.29.